The van der Waals surface area contributed by atoms with Gasteiger partial charge in [0, 0.05) is 0 Å². The maximum absolute atomic E-state index is 12.7. The molecule has 1 N–H and O–H groups in total. The highest BCUT2D eigenvalue weighted by Gasteiger charge is 2.54. The Labute approximate surface area is 137 Å². The number of nitrogens with zero attached hydrogens (tertiary/aromatic N) is 1. The Kier molecular flexibility index (Phi) is 3.63. The lowest BCUT2D eigenvalue weighted by Crippen LogP contribution is -2.52. The summed E-state index contributed by atoms with van der Waals surface area (Å²) in [5.74, 6) is 3.29. The van der Waals surface area contributed by atoms with E-state index in [0.29, 0.717) is 0 Å². The first-order valence-electron chi connectivity index (χ1n) is 8.64. The summed E-state index contributed by atoms with van der Waals surface area (Å²) in [6.45, 7) is 0. The fourth-order valence-corrected chi connectivity index (χ4v) is 5.36. The lowest BCUT2D eigenvalue weighted by atomic mass is 9.49. The van der Waals surface area contributed by atoms with Crippen molar-refractivity contribution in [2.45, 2.75) is 38.5 Å². The van der Waals surface area contributed by atoms with Gasteiger partial charge in [0.25, 0.3) is 0 Å². The average Bonchev–Trinajstić information content (AvgIpc) is 2.54. The van der Waals surface area contributed by atoms with Crippen molar-refractivity contribution in [3.05, 3.63) is 29.8 Å². The molecule has 5 rings (SSSR count). The van der Waals surface area contributed by atoms with Gasteiger partial charge in [0.1, 0.15) is 5.75 Å². The third-order valence-corrected chi connectivity index (χ3v) is 6.02. The van der Waals surface area contributed by atoms with Crippen molar-refractivity contribution < 1.29 is 9.53 Å². The number of hydrogen-bond acceptors (Lipinski definition) is 3. The van der Waals surface area contributed by atoms with E-state index in [1.807, 2.05) is 24.3 Å². The van der Waals surface area contributed by atoms with E-state index in [1.54, 1.807) is 13.3 Å². The standard InChI is InChI=1S/C19H24N2O2/c1-23-17-4-2-13(3-5-17)12-20-21-18(22)19-9-14-6-15(10-19)8-16(7-14)11-19/h2-5,12,14-16H,6-11H2,1H3,(H,21,22). The molecule has 0 atom stereocenters. The topological polar surface area (TPSA) is 50.7 Å². The predicted octanol–water partition coefficient (Wildman–Crippen LogP) is 3.36. The number of rotatable bonds is 4. The van der Waals surface area contributed by atoms with Crippen molar-refractivity contribution in [3.63, 3.8) is 0 Å². The third kappa shape index (κ3) is 2.75. The van der Waals surface area contributed by atoms with Gasteiger partial charge in [0.2, 0.25) is 5.91 Å². The second-order valence-electron chi connectivity index (χ2n) is 7.67. The molecule has 1 aromatic carbocycles. The Morgan fingerprint density at radius 1 is 1.13 bits per heavy atom. The first kappa shape index (κ1) is 14.7. The highest BCUT2D eigenvalue weighted by Crippen LogP contribution is 2.60. The summed E-state index contributed by atoms with van der Waals surface area (Å²) in [5.41, 5.74) is 3.64. The van der Waals surface area contributed by atoms with Crippen molar-refractivity contribution in [3.8, 4) is 5.75 Å². The fraction of sp³-hybridized carbons (Fsp3) is 0.579. The Hall–Kier alpha value is -1.84. The molecule has 4 fully saturated rings. The van der Waals surface area contributed by atoms with Crippen molar-refractivity contribution in [2.75, 3.05) is 7.11 Å². The van der Waals surface area contributed by atoms with Crippen LogP contribution in [0.4, 0.5) is 0 Å². The van der Waals surface area contributed by atoms with E-state index in [0.717, 1.165) is 48.3 Å². The predicted molar refractivity (Wildman–Crippen MR) is 89.3 cm³/mol. The number of hydrazone groups is 1. The summed E-state index contributed by atoms with van der Waals surface area (Å²) in [4.78, 5) is 12.7. The molecule has 1 aromatic rings. The minimum atomic E-state index is -0.133. The molecule has 0 spiro atoms. The number of ether oxygens (including phenoxy) is 1. The minimum Gasteiger partial charge on any atom is -0.497 e. The lowest BCUT2D eigenvalue weighted by molar-refractivity contribution is -0.146. The first-order chi connectivity index (χ1) is 11.2. The quantitative estimate of drug-likeness (QED) is 0.684. The van der Waals surface area contributed by atoms with Gasteiger partial charge in [-0.05, 0) is 86.1 Å². The number of methoxy groups -OCH3 is 1. The summed E-state index contributed by atoms with van der Waals surface area (Å²) in [6.07, 6.45) is 8.97. The molecule has 0 radical (unpaired) electrons. The molecule has 4 heteroatoms. The highest BCUT2D eigenvalue weighted by molar-refractivity contribution is 5.85. The van der Waals surface area contributed by atoms with Gasteiger partial charge in [0.05, 0.1) is 18.7 Å². The molecular weight excluding hydrogens is 288 g/mol. The first-order valence-corrected chi connectivity index (χ1v) is 8.64. The summed E-state index contributed by atoms with van der Waals surface area (Å²) >= 11 is 0. The molecule has 4 bridgehead atoms. The van der Waals surface area contributed by atoms with E-state index in [1.165, 1.54) is 19.3 Å². The zero-order valence-corrected chi connectivity index (χ0v) is 13.6. The molecule has 0 aromatic heterocycles. The largest absolute Gasteiger partial charge is 0.497 e. The van der Waals surface area contributed by atoms with E-state index in [-0.39, 0.29) is 11.3 Å². The Morgan fingerprint density at radius 3 is 2.22 bits per heavy atom. The molecule has 0 aliphatic heterocycles. The number of nitrogens with one attached hydrogen (secondary N) is 1. The smallest absolute Gasteiger partial charge is 0.246 e. The molecule has 4 aliphatic carbocycles. The number of hydrogen-bond donors (Lipinski definition) is 1. The van der Waals surface area contributed by atoms with Gasteiger partial charge in [-0.25, -0.2) is 5.43 Å². The number of carbonyl (C=O) groups is 1. The summed E-state index contributed by atoms with van der Waals surface area (Å²) < 4.78 is 5.14. The van der Waals surface area contributed by atoms with Crippen LogP contribution >= 0.6 is 0 Å². The molecule has 4 saturated carbocycles. The average molecular weight is 312 g/mol. The van der Waals surface area contributed by atoms with E-state index < -0.39 is 0 Å². The Bertz CT molecular complexity index is 585. The summed E-state index contributed by atoms with van der Waals surface area (Å²) in [7, 11) is 1.65. The van der Waals surface area contributed by atoms with Gasteiger partial charge in [-0.2, -0.15) is 5.10 Å². The minimum absolute atomic E-state index is 0.133. The maximum Gasteiger partial charge on any atom is 0.246 e. The molecule has 4 nitrogen and oxygen atoms in total. The number of benzene rings is 1. The molecule has 23 heavy (non-hydrogen) atoms. The zero-order valence-electron chi connectivity index (χ0n) is 13.6. The molecule has 1 amide bonds. The van der Waals surface area contributed by atoms with Crippen LogP contribution in [0.1, 0.15) is 44.1 Å². The molecule has 0 saturated heterocycles. The maximum atomic E-state index is 12.7. The molecule has 122 valence electrons. The van der Waals surface area contributed by atoms with Crippen LogP contribution in [0.15, 0.2) is 29.4 Å². The Balaban J connectivity index is 1.40. The van der Waals surface area contributed by atoms with E-state index >= 15 is 0 Å². The fourth-order valence-electron chi connectivity index (χ4n) is 5.36. The second-order valence-corrected chi connectivity index (χ2v) is 7.67. The van der Waals surface area contributed by atoms with Crippen LogP contribution in [-0.2, 0) is 4.79 Å². The third-order valence-electron chi connectivity index (χ3n) is 6.02. The van der Waals surface area contributed by atoms with Gasteiger partial charge < -0.3 is 4.74 Å². The van der Waals surface area contributed by atoms with Gasteiger partial charge >= 0.3 is 0 Å². The van der Waals surface area contributed by atoms with Crippen molar-refractivity contribution in [1.29, 1.82) is 0 Å². The van der Waals surface area contributed by atoms with Gasteiger partial charge in [0.15, 0.2) is 0 Å². The van der Waals surface area contributed by atoms with Crippen LogP contribution in [0.5, 0.6) is 5.75 Å². The number of amides is 1. The lowest BCUT2D eigenvalue weighted by Gasteiger charge is -2.55. The molecular formula is C19H24N2O2. The Morgan fingerprint density at radius 2 is 1.70 bits per heavy atom. The van der Waals surface area contributed by atoms with Crippen LogP contribution in [-0.4, -0.2) is 19.2 Å². The van der Waals surface area contributed by atoms with Gasteiger partial charge in [-0.1, -0.05) is 0 Å². The summed E-state index contributed by atoms with van der Waals surface area (Å²) in [5, 5.41) is 4.19. The van der Waals surface area contributed by atoms with Gasteiger partial charge in [-0.3, -0.25) is 4.79 Å². The highest BCUT2D eigenvalue weighted by atomic mass is 16.5. The van der Waals surface area contributed by atoms with Crippen LogP contribution in [0.2, 0.25) is 0 Å². The van der Waals surface area contributed by atoms with E-state index in [2.05, 4.69) is 10.5 Å². The molecule has 4 aliphatic rings. The summed E-state index contributed by atoms with van der Waals surface area (Å²) in [6, 6.07) is 7.64. The van der Waals surface area contributed by atoms with Crippen molar-refractivity contribution >= 4 is 12.1 Å². The monoisotopic (exact) mass is 312 g/mol. The van der Waals surface area contributed by atoms with E-state index in [9.17, 15) is 4.79 Å². The second kappa shape index (κ2) is 5.66. The normalized spacial score (nSPS) is 34.7. The van der Waals surface area contributed by atoms with Crippen molar-refractivity contribution in [2.24, 2.45) is 28.3 Å². The van der Waals surface area contributed by atoms with Crippen LogP contribution < -0.4 is 10.2 Å². The van der Waals surface area contributed by atoms with Crippen molar-refractivity contribution in [1.82, 2.24) is 5.43 Å². The number of carbonyl (C=O) groups excluding carboxylic acids is 1. The van der Waals surface area contributed by atoms with Crippen LogP contribution in [0.25, 0.3) is 0 Å². The molecule has 0 heterocycles. The SMILES string of the molecule is COc1ccc(C=NNC(=O)C23CC4CC(CC(C4)C2)C3)cc1. The van der Waals surface area contributed by atoms with Gasteiger partial charge in [-0.15, -0.1) is 0 Å². The van der Waals surface area contributed by atoms with Crippen LogP contribution in [0, 0.1) is 23.2 Å². The van der Waals surface area contributed by atoms with Crippen LogP contribution in [0.3, 0.4) is 0 Å². The zero-order chi connectivity index (χ0) is 15.9. The molecule has 0 unspecified atom stereocenters. The van der Waals surface area contributed by atoms with E-state index in [4.69, 9.17) is 4.74 Å².